The van der Waals surface area contributed by atoms with Gasteiger partial charge < -0.3 is 20.5 Å². The Morgan fingerprint density at radius 3 is 2.12 bits per heavy atom. The summed E-state index contributed by atoms with van der Waals surface area (Å²) >= 11 is 0. The van der Waals surface area contributed by atoms with Crippen LogP contribution < -0.4 is 20.5 Å². The molecule has 0 spiro atoms. The molecule has 3 N–H and O–H groups in total. The standard InChI is InChI=1S/C13H20N2O2/c1-16-11-7-10(8-12(17-2)13(11)14)9-3-5-15-6-4-9/h7-9,15H,3-6,14H2,1-2H3. The summed E-state index contributed by atoms with van der Waals surface area (Å²) in [6, 6.07) is 4.07. The first-order valence-electron chi connectivity index (χ1n) is 5.98. The highest BCUT2D eigenvalue weighted by Crippen LogP contribution is 2.37. The number of piperidine rings is 1. The number of nitrogens with two attached hydrogens (primary N) is 1. The van der Waals surface area contributed by atoms with E-state index in [2.05, 4.69) is 5.32 Å². The number of hydrogen-bond acceptors (Lipinski definition) is 4. The average molecular weight is 236 g/mol. The molecule has 4 nitrogen and oxygen atoms in total. The van der Waals surface area contributed by atoms with Crippen molar-refractivity contribution in [1.82, 2.24) is 5.32 Å². The van der Waals surface area contributed by atoms with E-state index in [1.165, 1.54) is 5.56 Å². The van der Waals surface area contributed by atoms with Gasteiger partial charge in [0.2, 0.25) is 0 Å². The van der Waals surface area contributed by atoms with Crippen molar-refractivity contribution >= 4 is 5.69 Å². The SMILES string of the molecule is COc1cc(C2CCNCC2)cc(OC)c1N. The number of nitrogens with one attached hydrogen (secondary N) is 1. The van der Waals surface area contributed by atoms with Gasteiger partial charge in [0, 0.05) is 0 Å². The van der Waals surface area contributed by atoms with Crippen LogP contribution in [0.2, 0.25) is 0 Å². The third kappa shape index (κ3) is 2.47. The first-order valence-corrected chi connectivity index (χ1v) is 5.98. The Bertz CT molecular complexity index is 362. The van der Waals surface area contributed by atoms with Crippen LogP contribution in [0, 0.1) is 0 Å². The van der Waals surface area contributed by atoms with Gasteiger partial charge in [0.05, 0.1) is 14.2 Å². The molecule has 0 atom stereocenters. The topological polar surface area (TPSA) is 56.5 Å². The van der Waals surface area contributed by atoms with E-state index in [1.807, 2.05) is 12.1 Å². The minimum absolute atomic E-state index is 0.569. The van der Waals surface area contributed by atoms with E-state index in [-0.39, 0.29) is 0 Å². The first kappa shape index (κ1) is 12.0. The molecule has 1 fully saturated rings. The lowest BCUT2D eigenvalue weighted by atomic mass is 9.90. The Balaban J connectivity index is 2.33. The van der Waals surface area contributed by atoms with Crippen LogP contribution in [0.15, 0.2) is 12.1 Å². The van der Waals surface area contributed by atoms with Crippen molar-refractivity contribution < 1.29 is 9.47 Å². The summed E-state index contributed by atoms with van der Waals surface area (Å²) in [4.78, 5) is 0. The molecule has 1 saturated heterocycles. The summed E-state index contributed by atoms with van der Waals surface area (Å²) in [6.45, 7) is 2.14. The highest BCUT2D eigenvalue weighted by atomic mass is 16.5. The molecule has 4 heteroatoms. The Morgan fingerprint density at radius 1 is 1.12 bits per heavy atom. The molecular weight excluding hydrogens is 216 g/mol. The minimum Gasteiger partial charge on any atom is -0.494 e. The van der Waals surface area contributed by atoms with Crippen molar-refractivity contribution in [3.63, 3.8) is 0 Å². The lowest BCUT2D eigenvalue weighted by Crippen LogP contribution is -2.26. The molecule has 94 valence electrons. The molecule has 1 aromatic rings. The quantitative estimate of drug-likeness (QED) is 0.785. The maximum absolute atomic E-state index is 5.94. The molecule has 1 aliphatic heterocycles. The summed E-state index contributed by atoms with van der Waals surface area (Å²) in [5.41, 5.74) is 7.78. The molecule has 0 aliphatic carbocycles. The zero-order chi connectivity index (χ0) is 12.3. The van der Waals surface area contributed by atoms with Crippen molar-refractivity contribution in [1.29, 1.82) is 0 Å². The summed E-state index contributed by atoms with van der Waals surface area (Å²) in [5.74, 6) is 1.98. The summed E-state index contributed by atoms with van der Waals surface area (Å²) in [5, 5.41) is 3.37. The van der Waals surface area contributed by atoms with Gasteiger partial charge in [0.25, 0.3) is 0 Å². The van der Waals surface area contributed by atoms with Crippen LogP contribution in [-0.2, 0) is 0 Å². The number of rotatable bonds is 3. The van der Waals surface area contributed by atoms with E-state index in [0.717, 1.165) is 25.9 Å². The Labute approximate surface area is 102 Å². The number of methoxy groups -OCH3 is 2. The minimum atomic E-state index is 0.569. The van der Waals surface area contributed by atoms with Gasteiger partial charge >= 0.3 is 0 Å². The summed E-state index contributed by atoms with van der Waals surface area (Å²) in [7, 11) is 3.27. The molecule has 0 bridgehead atoms. The Kier molecular flexibility index (Phi) is 3.74. The lowest BCUT2D eigenvalue weighted by molar-refractivity contribution is 0.393. The van der Waals surface area contributed by atoms with E-state index in [0.29, 0.717) is 23.1 Å². The van der Waals surface area contributed by atoms with Gasteiger partial charge in [-0.3, -0.25) is 0 Å². The van der Waals surface area contributed by atoms with Crippen molar-refractivity contribution in [3.05, 3.63) is 17.7 Å². The van der Waals surface area contributed by atoms with Gasteiger partial charge in [-0.25, -0.2) is 0 Å². The molecule has 17 heavy (non-hydrogen) atoms. The smallest absolute Gasteiger partial charge is 0.145 e. The third-order valence-electron chi connectivity index (χ3n) is 3.38. The zero-order valence-corrected chi connectivity index (χ0v) is 10.5. The highest BCUT2D eigenvalue weighted by molar-refractivity contribution is 5.64. The highest BCUT2D eigenvalue weighted by Gasteiger charge is 2.18. The fraction of sp³-hybridized carbons (Fsp3) is 0.538. The van der Waals surface area contributed by atoms with E-state index in [1.54, 1.807) is 14.2 Å². The molecule has 0 saturated carbocycles. The lowest BCUT2D eigenvalue weighted by Gasteiger charge is -2.24. The van der Waals surface area contributed by atoms with Crippen LogP contribution in [0.1, 0.15) is 24.3 Å². The molecule has 1 heterocycles. The Hall–Kier alpha value is -1.42. The van der Waals surface area contributed by atoms with Crippen molar-refractivity contribution in [2.75, 3.05) is 33.0 Å². The van der Waals surface area contributed by atoms with Crippen LogP contribution in [0.3, 0.4) is 0 Å². The molecule has 0 amide bonds. The molecule has 1 aliphatic rings. The molecule has 1 aromatic carbocycles. The van der Waals surface area contributed by atoms with Crippen molar-refractivity contribution in [3.8, 4) is 11.5 Å². The second kappa shape index (κ2) is 5.27. The zero-order valence-electron chi connectivity index (χ0n) is 10.5. The molecule has 0 unspecified atom stereocenters. The van der Waals surface area contributed by atoms with Crippen LogP contribution in [0.5, 0.6) is 11.5 Å². The van der Waals surface area contributed by atoms with Crippen LogP contribution in [0.4, 0.5) is 5.69 Å². The largest absolute Gasteiger partial charge is 0.494 e. The van der Waals surface area contributed by atoms with E-state index in [9.17, 15) is 0 Å². The number of benzene rings is 1. The molecule has 0 radical (unpaired) electrons. The van der Waals surface area contributed by atoms with Gasteiger partial charge in [0.1, 0.15) is 17.2 Å². The maximum Gasteiger partial charge on any atom is 0.145 e. The van der Waals surface area contributed by atoms with Crippen LogP contribution in [0.25, 0.3) is 0 Å². The molecular formula is C13H20N2O2. The van der Waals surface area contributed by atoms with Gasteiger partial charge in [-0.1, -0.05) is 0 Å². The summed E-state index contributed by atoms with van der Waals surface area (Å²) in [6.07, 6.45) is 2.30. The monoisotopic (exact) mass is 236 g/mol. The number of ether oxygens (including phenoxy) is 2. The first-order chi connectivity index (χ1) is 8.26. The van der Waals surface area contributed by atoms with Crippen LogP contribution >= 0.6 is 0 Å². The summed E-state index contributed by atoms with van der Waals surface area (Å²) < 4.78 is 10.6. The van der Waals surface area contributed by atoms with Crippen molar-refractivity contribution in [2.24, 2.45) is 0 Å². The number of hydrogen-bond donors (Lipinski definition) is 2. The number of anilines is 1. The van der Waals surface area contributed by atoms with Gasteiger partial charge in [-0.2, -0.15) is 0 Å². The van der Waals surface area contributed by atoms with Gasteiger partial charge in [0.15, 0.2) is 0 Å². The fourth-order valence-electron chi connectivity index (χ4n) is 2.35. The average Bonchev–Trinajstić information content (AvgIpc) is 2.40. The maximum atomic E-state index is 5.94. The molecule has 0 aromatic heterocycles. The van der Waals surface area contributed by atoms with Crippen molar-refractivity contribution in [2.45, 2.75) is 18.8 Å². The molecule has 2 rings (SSSR count). The number of nitrogen functional groups attached to an aromatic ring is 1. The normalized spacial score (nSPS) is 16.8. The van der Waals surface area contributed by atoms with E-state index >= 15 is 0 Å². The fourth-order valence-corrected chi connectivity index (χ4v) is 2.35. The van der Waals surface area contributed by atoms with Gasteiger partial charge in [-0.15, -0.1) is 0 Å². The van der Waals surface area contributed by atoms with E-state index in [4.69, 9.17) is 15.2 Å². The van der Waals surface area contributed by atoms with Crippen LogP contribution in [-0.4, -0.2) is 27.3 Å². The second-order valence-electron chi connectivity index (χ2n) is 4.36. The predicted molar refractivity (Wildman–Crippen MR) is 68.8 cm³/mol. The van der Waals surface area contributed by atoms with E-state index < -0.39 is 0 Å². The van der Waals surface area contributed by atoms with Gasteiger partial charge in [-0.05, 0) is 49.5 Å². The third-order valence-corrected chi connectivity index (χ3v) is 3.38. The second-order valence-corrected chi connectivity index (χ2v) is 4.36. The Morgan fingerprint density at radius 2 is 1.65 bits per heavy atom. The predicted octanol–water partition coefficient (Wildman–Crippen LogP) is 1.75.